The SMILES string of the molecule is COc1ccc(C=NNC(=O)Cc2ccc([N+](=O)[O-])cc2)cc1Br. The fourth-order valence-corrected chi connectivity index (χ4v) is 2.46. The molecule has 1 N–H and O–H groups in total. The largest absolute Gasteiger partial charge is 0.496 e. The van der Waals surface area contributed by atoms with Crippen molar-refractivity contribution in [3.8, 4) is 5.75 Å². The summed E-state index contributed by atoms with van der Waals surface area (Å²) >= 11 is 3.37. The van der Waals surface area contributed by atoms with E-state index in [1.54, 1.807) is 31.4 Å². The Morgan fingerprint density at radius 2 is 2.04 bits per heavy atom. The maximum atomic E-state index is 11.8. The summed E-state index contributed by atoms with van der Waals surface area (Å²) in [5.74, 6) is 0.391. The van der Waals surface area contributed by atoms with Crippen molar-refractivity contribution in [1.29, 1.82) is 0 Å². The monoisotopic (exact) mass is 391 g/mol. The van der Waals surface area contributed by atoms with Crippen LogP contribution in [-0.4, -0.2) is 24.2 Å². The molecule has 0 aliphatic heterocycles. The molecule has 24 heavy (non-hydrogen) atoms. The zero-order valence-electron chi connectivity index (χ0n) is 12.7. The molecule has 7 nitrogen and oxygen atoms in total. The van der Waals surface area contributed by atoms with Crippen molar-refractivity contribution in [2.45, 2.75) is 6.42 Å². The molecule has 0 radical (unpaired) electrons. The van der Waals surface area contributed by atoms with E-state index >= 15 is 0 Å². The third-order valence-electron chi connectivity index (χ3n) is 3.09. The van der Waals surface area contributed by atoms with Gasteiger partial charge in [0.15, 0.2) is 0 Å². The predicted octanol–water partition coefficient (Wildman–Crippen LogP) is 3.06. The van der Waals surface area contributed by atoms with E-state index in [1.165, 1.54) is 18.3 Å². The molecule has 1 amide bonds. The Balaban J connectivity index is 1.90. The standard InChI is InChI=1S/C16H14BrN3O4/c1-24-15-7-4-12(8-14(15)17)10-18-19-16(21)9-11-2-5-13(6-3-11)20(22)23/h2-8,10H,9H2,1H3,(H,19,21). The molecule has 2 aromatic carbocycles. The van der Waals surface area contributed by atoms with E-state index < -0.39 is 4.92 Å². The number of hydrogen-bond donors (Lipinski definition) is 1. The molecule has 0 unspecified atom stereocenters. The van der Waals surface area contributed by atoms with E-state index in [0.717, 1.165) is 10.0 Å². The van der Waals surface area contributed by atoms with Crippen LogP contribution in [-0.2, 0) is 11.2 Å². The van der Waals surface area contributed by atoms with E-state index in [1.807, 2.05) is 6.07 Å². The quantitative estimate of drug-likeness (QED) is 0.465. The van der Waals surface area contributed by atoms with Crippen LogP contribution in [0.1, 0.15) is 11.1 Å². The van der Waals surface area contributed by atoms with Crippen molar-refractivity contribution in [2.24, 2.45) is 5.10 Å². The number of benzene rings is 2. The molecule has 0 atom stereocenters. The molecule has 0 aromatic heterocycles. The Kier molecular flexibility index (Phi) is 6.02. The predicted molar refractivity (Wildman–Crippen MR) is 93.2 cm³/mol. The van der Waals surface area contributed by atoms with Crippen LogP contribution in [0.2, 0.25) is 0 Å². The molecule has 2 rings (SSSR count). The first kappa shape index (κ1) is 17.6. The third kappa shape index (κ3) is 4.88. The van der Waals surface area contributed by atoms with Gasteiger partial charge in [-0.2, -0.15) is 5.10 Å². The van der Waals surface area contributed by atoms with Crippen LogP contribution in [0.3, 0.4) is 0 Å². The lowest BCUT2D eigenvalue weighted by Crippen LogP contribution is -2.19. The Labute approximate surface area is 146 Å². The molecule has 0 bridgehead atoms. The zero-order chi connectivity index (χ0) is 17.5. The summed E-state index contributed by atoms with van der Waals surface area (Å²) in [4.78, 5) is 21.9. The van der Waals surface area contributed by atoms with Crippen molar-refractivity contribution in [2.75, 3.05) is 7.11 Å². The number of amides is 1. The first-order valence-electron chi connectivity index (χ1n) is 6.88. The van der Waals surface area contributed by atoms with E-state index in [2.05, 4.69) is 26.5 Å². The minimum absolute atomic E-state index is 0.0118. The van der Waals surface area contributed by atoms with Gasteiger partial charge in [0, 0.05) is 12.1 Å². The molecule has 0 saturated carbocycles. The lowest BCUT2D eigenvalue weighted by Gasteiger charge is -2.03. The number of nitrogens with zero attached hydrogens (tertiary/aromatic N) is 2. The number of ether oxygens (including phenoxy) is 1. The second kappa shape index (κ2) is 8.21. The lowest BCUT2D eigenvalue weighted by atomic mass is 10.1. The first-order chi connectivity index (χ1) is 11.5. The van der Waals surface area contributed by atoms with Gasteiger partial charge in [0.25, 0.3) is 5.69 Å². The number of hydrazone groups is 1. The average Bonchev–Trinajstić information content (AvgIpc) is 2.55. The maximum Gasteiger partial charge on any atom is 0.269 e. The van der Waals surface area contributed by atoms with Gasteiger partial charge in [-0.25, -0.2) is 5.43 Å². The number of methoxy groups -OCH3 is 1. The van der Waals surface area contributed by atoms with Crippen LogP contribution in [0, 0.1) is 10.1 Å². The van der Waals surface area contributed by atoms with Crippen LogP contribution in [0.5, 0.6) is 5.75 Å². The normalized spacial score (nSPS) is 10.6. The van der Waals surface area contributed by atoms with Gasteiger partial charge in [0.05, 0.1) is 29.1 Å². The highest BCUT2D eigenvalue weighted by atomic mass is 79.9. The number of rotatable bonds is 6. The first-order valence-corrected chi connectivity index (χ1v) is 7.67. The second-order valence-electron chi connectivity index (χ2n) is 4.79. The minimum atomic E-state index is -0.485. The molecule has 2 aromatic rings. The number of non-ortho nitro benzene ring substituents is 1. The van der Waals surface area contributed by atoms with Crippen molar-refractivity contribution in [3.05, 3.63) is 68.2 Å². The highest BCUT2D eigenvalue weighted by Crippen LogP contribution is 2.24. The van der Waals surface area contributed by atoms with Crippen LogP contribution in [0.4, 0.5) is 5.69 Å². The van der Waals surface area contributed by atoms with Gasteiger partial charge in [-0.3, -0.25) is 14.9 Å². The molecule has 0 saturated heterocycles. The van der Waals surface area contributed by atoms with Crippen LogP contribution < -0.4 is 10.2 Å². The van der Waals surface area contributed by atoms with Gasteiger partial charge in [0.2, 0.25) is 5.91 Å². The molecule has 0 aliphatic rings. The van der Waals surface area contributed by atoms with Gasteiger partial charge in [0.1, 0.15) is 5.75 Å². The highest BCUT2D eigenvalue weighted by Gasteiger charge is 2.06. The summed E-state index contributed by atoms with van der Waals surface area (Å²) < 4.78 is 5.91. The molecule has 0 heterocycles. The maximum absolute atomic E-state index is 11.8. The second-order valence-corrected chi connectivity index (χ2v) is 5.64. The van der Waals surface area contributed by atoms with Crippen molar-refractivity contribution < 1.29 is 14.5 Å². The number of nitro benzene ring substituents is 1. The molecule has 0 fully saturated rings. The van der Waals surface area contributed by atoms with E-state index in [-0.39, 0.29) is 18.0 Å². The summed E-state index contributed by atoms with van der Waals surface area (Å²) in [7, 11) is 1.58. The number of nitrogens with one attached hydrogen (secondary N) is 1. The van der Waals surface area contributed by atoms with Gasteiger partial charge in [-0.05, 0) is 45.3 Å². The average molecular weight is 392 g/mol. The van der Waals surface area contributed by atoms with Crippen LogP contribution >= 0.6 is 15.9 Å². The fourth-order valence-electron chi connectivity index (χ4n) is 1.90. The molecule has 124 valence electrons. The topological polar surface area (TPSA) is 93.8 Å². The number of carbonyl (C=O) groups excluding carboxylic acids is 1. The van der Waals surface area contributed by atoms with E-state index in [0.29, 0.717) is 11.3 Å². The van der Waals surface area contributed by atoms with Gasteiger partial charge in [-0.15, -0.1) is 0 Å². The van der Waals surface area contributed by atoms with Gasteiger partial charge < -0.3 is 4.74 Å². The highest BCUT2D eigenvalue weighted by molar-refractivity contribution is 9.10. The Bertz CT molecular complexity index is 775. The number of halogens is 1. The summed E-state index contributed by atoms with van der Waals surface area (Å²) in [6.07, 6.45) is 1.60. The summed E-state index contributed by atoms with van der Waals surface area (Å²) in [5, 5.41) is 14.5. The van der Waals surface area contributed by atoms with Gasteiger partial charge >= 0.3 is 0 Å². The third-order valence-corrected chi connectivity index (χ3v) is 3.71. The zero-order valence-corrected chi connectivity index (χ0v) is 14.3. The van der Waals surface area contributed by atoms with Crippen molar-refractivity contribution >= 4 is 33.7 Å². The van der Waals surface area contributed by atoms with Crippen LogP contribution in [0.25, 0.3) is 0 Å². The Morgan fingerprint density at radius 1 is 1.33 bits per heavy atom. The summed E-state index contributed by atoms with van der Waals surface area (Å²) in [5.41, 5.74) is 3.86. The van der Waals surface area contributed by atoms with Gasteiger partial charge in [-0.1, -0.05) is 12.1 Å². The number of carbonyl (C=O) groups is 1. The van der Waals surface area contributed by atoms with Crippen molar-refractivity contribution in [3.63, 3.8) is 0 Å². The summed E-state index contributed by atoms with van der Waals surface area (Å²) in [6, 6.07) is 11.2. The summed E-state index contributed by atoms with van der Waals surface area (Å²) in [6.45, 7) is 0. The number of nitro groups is 1. The molecular formula is C16H14BrN3O4. The molecule has 0 aliphatic carbocycles. The van der Waals surface area contributed by atoms with E-state index in [9.17, 15) is 14.9 Å². The van der Waals surface area contributed by atoms with Crippen molar-refractivity contribution in [1.82, 2.24) is 5.43 Å². The Morgan fingerprint density at radius 3 is 2.62 bits per heavy atom. The fraction of sp³-hybridized carbons (Fsp3) is 0.125. The van der Waals surface area contributed by atoms with E-state index in [4.69, 9.17) is 4.74 Å². The molecule has 8 heteroatoms. The number of hydrogen-bond acceptors (Lipinski definition) is 5. The molecule has 0 spiro atoms. The van der Waals surface area contributed by atoms with Crippen LogP contribution in [0.15, 0.2) is 52.0 Å². The lowest BCUT2D eigenvalue weighted by molar-refractivity contribution is -0.384. The smallest absolute Gasteiger partial charge is 0.269 e. The minimum Gasteiger partial charge on any atom is -0.496 e. The Hall–Kier alpha value is -2.74. The molecular weight excluding hydrogens is 378 g/mol.